The van der Waals surface area contributed by atoms with Crippen LogP contribution < -0.4 is 4.74 Å². The van der Waals surface area contributed by atoms with Gasteiger partial charge < -0.3 is 4.74 Å². The van der Waals surface area contributed by atoms with E-state index < -0.39 is 7.59 Å². The van der Waals surface area contributed by atoms with Crippen LogP contribution in [0.4, 0.5) is 0 Å². The number of halogens is 6. The van der Waals surface area contributed by atoms with Crippen molar-refractivity contribution in [2.24, 2.45) is 0 Å². The Morgan fingerprint density at radius 3 is 1.33 bits per heavy atom. The molecule has 0 atom stereocenters. The van der Waals surface area contributed by atoms with Crippen LogP contribution in [0.3, 0.4) is 0 Å². The Labute approximate surface area is 152 Å². The average molecular weight is 405 g/mol. The molecule has 0 spiro atoms. The van der Waals surface area contributed by atoms with Crippen molar-refractivity contribution in [1.29, 1.82) is 0 Å². The van der Waals surface area contributed by atoms with Gasteiger partial charge in [-0.3, -0.25) is 0 Å². The van der Waals surface area contributed by atoms with Gasteiger partial charge in [0.15, 0.2) is 0 Å². The Balaban J connectivity index is 2.27. The maximum Gasteiger partial charge on any atom is 0.216 e. The van der Waals surface area contributed by atoms with Crippen LogP contribution in [0, 0.1) is 0 Å². The summed E-state index contributed by atoms with van der Waals surface area (Å²) in [5, 5.41) is 0. The van der Waals surface area contributed by atoms with E-state index in [-0.39, 0.29) is 0 Å². The molecular weight excluding hydrogens is 397 g/mol. The fourth-order valence-electron chi connectivity index (χ4n) is 1.61. The zero-order valence-corrected chi connectivity index (χ0v) is 14.8. The van der Waals surface area contributed by atoms with E-state index in [0.29, 0.717) is 22.6 Å². The Hall–Kier alpha value is -0.0200. The SMILES string of the molecule is ClC(Cl)(Cl)c1cccc(Oc2cccc(C(Cl)(Cl)Cl)c2)c1. The van der Waals surface area contributed by atoms with Crippen LogP contribution in [0.5, 0.6) is 11.5 Å². The summed E-state index contributed by atoms with van der Waals surface area (Å²) in [4.78, 5) is 0. The lowest BCUT2D eigenvalue weighted by molar-refractivity contribution is 0.481. The predicted octanol–water partition coefficient (Wildman–Crippen LogP) is 7.13. The van der Waals surface area contributed by atoms with Gasteiger partial charge in [-0.15, -0.1) is 0 Å². The summed E-state index contributed by atoms with van der Waals surface area (Å²) in [6.07, 6.45) is 0. The maximum atomic E-state index is 5.84. The molecule has 0 aromatic heterocycles. The van der Waals surface area contributed by atoms with Crippen molar-refractivity contribution in [3.8, 4) is 11.5 Å². The molecule has 0 saturated heterocycles. The molecule has 0 aliphatic rings. The van der Waals surface area contributed by atoms with Crippen LogP contribution in [-0.4, -0.2) is 0 Å². The zero-order chi connectivity index (χ0) is 15.7. The molecule has 21 heavy (non-hydrogen) atoms. The Bertz CT molecular complexity index is 574. The van der Waals surface area contributed by atoms with E-state index in [0.717, 1.165) is 0 Å². The van der Waals surface area contributed by atoms with Crippen LogP contribution >= 0.6 is 69.6 Å². The van der Waals surface area contributed by atoms with E-state index in [1.165, 1.54) is 0 Å². The van der Waals surface area contributed by atoms with Crippen molar-refractivity contribution >= 4 is 69.6 Å². The Morgan fingerprint density at radius 2 is 1.00 bits per heavy atom. The third kappa shape index (κ3) is 4.99. The standard InChI is InChI=1S/C14H8Cl6O/c15-13(16,17)9-3-1-5-11(7-9)21-12-6-2-4-10(8-12)14(18,19)20/h1-8H. The lowest BCUT2D eigenvalue weighted by Crippen LogP contribution is -2.01. The molecule has 0 heterocycles. The topological polar surface area (TPSA) is 9.23 Å². The minimum Gasteiger partial charge on any atom is -0.457 e. The molecule has 1 nitrogen and oxygen atoms in total. The minimum atomic E-state index is -1.52. The van der Waals surface area contributed by atoms with E-state index in [4.69, 9.17) is 74.3 Å². The third-order valence-corrected chi connectivity index (χ3v) is 3.87. The number of rotatable bonds is 2. The molecule has 7 heteroatoms. The zero-order valence-electron chi connectivity index (χ0n) is 10.3. The van der Waals surface area contributed by atoms with E-state index in [1.807, 2.05) is 0 Å². The van der Waals surface area contributed by atoms with E-state index >= 15 is 0 Å². The van der Waals surface area contributed by atoms with Gasteiger partial charge in [0.25, 0.3) is 0 Å². The molecule has 0 aliphatic heterocycles. The normalized spacial score (nSPS) is 12.3. The summed E-state index contributed by atoms with van der Waals surface area (Å²) < 4.78 is 2.67. The second-order valence-corrected chi connectivity index (χ2v) is 8.72. The quantitative estimate of drug-likeness (QED) is 0.483. The van der Waals surface area contributed by atoms with Crippen molar-refractivity contribution < 1.29 is 4.74 Å². The molecule has 0 bridgehead atoms. The third-order valence-electron chi connectivity index (χ3n) is 2.56. The summed E-state index contributed by atoms with van der Waals surface area (Å²) in [5.74, 6) is 1.03. The van der Waals surface area contributed by atoms with E-state index in [1.54, 1.807) is 48.5 Å². The number of hydrogen-bond acceptors (Lipinski definition) is 1. The van der Waals surface area contributed by atoms with Gasteiger partial charge in [-0.1, -0.05) is 93.9 Å². The summed E-state index contributed by atoms with van der Waals surface area (Å²) >= 11 is 35.0. The molecule has 0 radical (unpaired) electrons. The molecule has 2 aromatic carbocycles. The molecule has 0 unspecified atom stereocenters. The largest absolute Gasteiger partial charge is 0.457 e. The first-order valence-electron chi connectivity index (χ1n) is 5.68. The first-order valence-corrected chi connectivity index (χ1v) is 7.95. The fraction of sp³-hybridized carbons (Fsp3) is 0.143. The molecular formula is C14H8Cl6O. The van der Waals surface area contributed by atoms with Gasteiger partial charge in [-0.05, 0) is 24.3 Å². The first kappa shape index (κ1) is 17.3. The van der Waals surface area contributed by atoms with Crippen LogP contribution in [0.1, 0.15) is 11.1 Å². The second-order valence-electron chi connectivity index (χ2n) is 4.15. The second kappa shape index (κ2) is 6.62. The molecule has 0 amide bonds. The Kier molecular flexibility index (Phi) is 5.46. The van der Waals surface area contributed by atoms with E-state index in [9.17, 15) is 0 Å². The van der Waals surface area contributed by atoms with Crippen molar-refractivity contribution in [2.45, 2.75) is 7.59 Å². The van der Waals surface area contributed by atoms with Crippen LogP contribution in [0.25, 0.3) is 0 Å². The molecule has 2 rings (SSSR count). The highest BCUT2D eigenvalue weighted by Gasteiger charge is 2.24. The number of ether oxygens (including phenoxy) is 1. The van der Waals surface area contributed by atoms with Crippen molar-refractivity contribution in [3.05, 3.63) is 59.7 Å². The van der Waals surface area contributed by atoms with Crippen molar-refractivity contribution in [2.75, 3.05) is 0 Å². The molecule has 0 aliphatic carbocycles. The number of hydrogen-bond donors (Lipinski definition) is 0. The van der Waals surface area contributed by atoms with Crippen LogP contribution in [-0.2, 0) is 7.59 Å². The average Bonchev–Trinajstić information content (AvgIpc) is 2.37. The van der Waals surface area contributed by atoms with Gasteiger partial charge in [0, 0.05) is 11.1 Å². The highest BCUT2D eigenvalue weighted by molar-refractivity contribution is 6.67. The number of benzene rings is 2. The Morgan fingerprint density at radius 1 is 0.619 bits per heavy atom. The van der Waals surface area contributed by atoms with Crippen molar-refractivity contribution in [1.82, 2.24) is 0 Å². The first-order chi connectivity index (χ1) is 9.66. The smallest absolute Gasteiger partial charge is 0.216 e. The molecule has 0 fully saturated rings. The summed E-state index contributed by atoms with van der Waals surface area (Å²) in [6.45, 7) is 0. The lowest BCUT2D eigenvalue weighted by Gasteiger charge is -2.15. The summed E-state index contributed by atoms with van der Waals surface area (Å²) in [5.41, 5.74) is 1.00. The molecule has 0 saturated carbocycles. The summed E-state index contributed by atoms with van der Waals surface area (Å²) in [7, 11) is 0. The van der Waals surface area contributed by atoms with Gasteiger partial charge >= 0.3 is 0 Å². The van der Waals surface area contributed by atoms with Gasteiger partial charge in [-0.2, -0.15) is 0 Å². The highest BCUT2D eigenvalue weighted by Crippen LogP contribution is 2.41. The van der Waals surface area contributed by atoms with Crippen LogP contribution in [0.2, 0.25) is 0 Å². The minimum absolute atomic E-state index is 0.502. The van der Waals surface area contributed by atoms with Crippen LogP contribution in [0.15, 0.2) is 48.5 Å². The molecule has 2 aromatic rings. The van der Waals surface area contributed by atoms with E-state index in [2.05, 4.69) is 0 Å². The highest BCUT2D eigenvalue weighted by atomic mass is 35.6. The maximum absolute atomic E-state index is 5.84. The van der Waals surface area contributed by atoms with Gasteiger partial charge in [-0.25, -0.2) is 0 Å². The lowest BCUT2D eigenvalue weighted by atomic mass is 10.2. The number of alkyl halides is 6. The van der Waals surface area contributed by atoms with Gasteiger partial charge in [0.2, 0.25) is 7.59 Å². The predicted molar refractivity (Wildman–Crippen MR) is 91.4 cm³/mol. The monoisotopic (exact) mass is 402 g/mol. The van der Waals surface area contributed by atoms with Crippen molar-refractivity contribution in [3.63, 3.8) is 0 Å². The summed E-state index contributed by atoms with van der Waals surface area (Å²) in [6, 6.07) is 13.6. The molecule has 112 valence electrons. The van der Waals surface area contributed by atoms with Gasteiger partial charge in [0.1, 0.15) is 11.5 Å². The molecule has 0 N–H and O–H groups in total. The fourth-order valence-corrected chi connectivity index (χ4v) is 2.31. The van der Waals surface area contributed by atoms with Gasteiger partial charge in [0.05, 0.1) is 0 Å².